The first-order chi connectivity index (χ1) is 8.48. The fraction of sp³-hybridized carbons (Fsp3) is 0.917. The van der Waals surface area contributed by atoms with Crippen molar-refractivity contribution in [1.29, 1.82) is 5.26 Å². The average molecular weight is 273 g/mol. The van der Waals surface area contributed by atoms with E-state index in [1.165, 1.54) is 11.2 Å². The van der Waals surface area contributed by atoms with Crippen LogP contribution in [-0.2, 0) is 10.0 Å². The molecule has 2 N–H and O–H groups in total. The van der Waals surface area contributed by atoms with Crippen molar-refractivity contribution in [1.82, 2.24) is 4.31 Å². The highest BCUT2D eigenvalue weighted by Crippen LogP contribution is 2.30. The van der Waals surface area contributed by atoms with Crippen LogP contribution in [0.25, 0.3) is 0 Å². The minimum atomic E-state index is -3.53. The Kier molecular flexibility index (Phi) is 5.57. The summed E-state index contributed by atoms with van der Waals surface area (Å²) in [6.45, 7) is 4.19. The van der Waals surface area contributed by atoms with E-state index in [2.05, 4.69) is 0 Å². The minimum Gasteiger partial charge on any atom is -0.330 e. The Morgan fingerprint density at radius 1 is 1.44 bits per heavy atom. The van der Waals surface area contributed by atoms with Crippen molar-refractivity contribution in [2.45, 2.75) is 50.8 Å². The molecule has 0 aromatic carbocycles. The first-order valence-electron chi connectivity index (χ1n) is 6.59. The Morgan fingerprint density at radius 3 is 2.56 bits per heavy atom. The lowest BCUT2D eigenvalue weighted by Crippen LogP contribution is -2.50. The molecule has 1 aliphatic rings. The highest BCUT2D eigenvalue weighted by Gasteiger charge is 2.37. The van der Waals surface area contributed by atoms with E-state index < -0.39 is 15.3 Å². The molecule has 1 saturated carbocycles. The molecular formula is C12H23N3O2S. The Balaban J connectivity index is 2.98. The van der Waals surface area contributed by atoms with Crippen molar-refractivity contribution in [3.63, 3.8) is 0 Å². The highest BCUT2D eigenvalue weighted by molar-refractivity contribution is 7.90. The van der Waals surface area contributed by atoms with Gasteiger partial charge in [-0.3, -0.25) is 0 Å². The quantitative estimate of drug-likeness (QED) is 0.811. The molecule has 0 spiro atoms. The molecule has 3 unspecified atom stereocenters. The molecule has 1 aliphatic carbocycles. The van der Waals surface area contributed by atoms with Gasteiger partial charge in [-0.05, 0) is 32.2 Å². The molecule has 18 heavy (non-hydrogen) atoms. The summed E-state index contributed by atoms with van der Waals surface area (Å²) in [5, 5.41) is 7.87. The Hall–Kier alpha value is -0.640. The lowest BCUT2D eigenvalue weighted by atomic mass is 9.84. The van der Waals surface area contributed by atoms with Gasteiger partial charge in [-0.1, -0.05) is 19.8 Å². The van der Waals surface area contributed by atoms with Crippen LogP contribution in [0.4, 0.5) is 0 Å². The van der Waals surface area contributed by atoms with Gasteiger partial charge in [0.25, 0.3) is 0 Å². The predicted octanol–water partition coefficient (Wildman–Crippen LogP) is 1.07. The van der Waals surface area contributed by atoms with Gasteiger partial charge in [0.1, 0.15) is 0 Å². The Labute approximate surface area is 110 Å². The summed E-state index contributed by atoms with van der Waals surface area (Å²) in [5.41, 5.74) is 5.75. The van der Waals surface area contributed by atoms with Crippen LogP contribution in [0.3, 0.4) is 0 Å². The monoisotopic (exact) mass is 273 g/mol. The van der Waals surface area contributed by atoms with Crippen LogP contribution in [0, 0.1) is 17.2 Å². The SMILES string of the molecule is CCN(C1CCCCC1CN)S(=O)(=O)C(C)C#N. The van der Waals surface area contributed by atoms with E-state index in [1.807, 2.05) is 13.0 Å². The van der Waals surface area contributed by atoms with E-state index in [4.69, 9.17) is 11.0 Å². The number of nitrogens with zero attached hydrogens (tertiary/aromatic N) is 2. The van der Waals surface area contributed by atoms with Crippen molar-refractivity contribution in [2.75, 3.05) is 13.1 Å². The second-order valence-electron chi connectivity index (χ2n) is 4.87. The van der Waals surface area contributed by atoms with E-state index in [9.17, 15) is 8.42 Å². The molecule has 0 saturated heterocycles. The summed E-state index contributed by atoms with van der Waals surface area (Å²) in [6.07, 6.45) is 3.99. The van der Waals surface area contributed by atoms with Gasteiger partial charge >= 0.3 is 0 Å². The topological polar surface area (TPSA) is 87.2 Å². The van der Waals surface area contributed by atoms with E-state index in [0.29, 0.717) is 13.1 Å². The zero-order chi connectivity index (χ0) is 13.8. The first kappa shape index (κ1) is 15.4. The number of hydrogen-bond acceptors (Lipinski definition) is 4. The van der Waals surface area contributed by atoms with Crippen molar-refractivity contribution in [2.24, 2.45) is 11.7 Å². The summed E-state index contributed by atoms with van der Waals surface area (Å²) in [5.74, 6) is 0.222. The first-order valence-corrected chi connectivity index (χ1v) is 8.09. The van der Waals surface area contributed by atoms with Gasteiger partial charge in [-0.15, -0.1) is 0 Å². The van der Waals surface area contributed by atoms with Gasteiger partial charge in [-0.25, -0.2) is 8.42 Å². The van der Waals surface area contributed by atoms with Gasteiger partial charge in [0.05, 0.1) is 6.07 Å². The average Bonchev–Trinajstić information content (AvgIpc) is 2.38. The van der Waals surface area contributed by atoms with Crippen LogP contribution in [-0.4, -0.2) is 37.1 Å². The summed E-state index contributed by atoms with van der Waals surface area (Å²) < 4.78 is 26.1. The van der Waals surface area contributed by atoms with Crippen LogP contribution >= 0.6 is 0 Å². The van der Waals surface area contributed by atoms with Crippen LogP contribution in [0.2, 0.25) is 0 Å². The smallest absolute Gasteiger partial charge is 0.230 e. The molecule has 6 heteroatoms. The summed E-state index contributed by atoms with van der Waals surface area (Å²) in [6, 6.07) is 1.80. The normalized spacial score (nSPS) is 26.8. The van der Waals surface area contributed by atoms with Crippen molar-refractivity contribution >= 4 is 10.0 Å². The third kappa shape index (κ3) is 3.02. The highest BCUT2D eigenvalue weighted by atomic mass is 32.2. The van der Waals surface area contributed by atoms with Gasteiger partial charge in [-0.2, -0.15) is 9.57 Å². The van der Waals surface area contributed by atoms with Gasteiger partial charge in [0, 0.05) is 12.6 Å². The van der Waals surface area contributed by atoms with Crippen molar-refractivity contribution in [3.05, 3.63) is 0 Å². The Bertz CT molecular complexity index is 402. The lowest BCUT2D eigenvalue weighted by molar-refractivity contribution is 0.187. The number of sulfonamides is 1. The van der Waals surface area contributed by atoms with E-state index in [-0.39, 0.29) is 12.0 Å². The maximum Gasteiger partial charge on any atom is 0.230 e. The third-order valence-corrected chi connectivity index (χ3v) is 5.99. The van der Waals surface area contributed by atoms with E-state index in [0.717, 1.165) is 25.7 Å². The van der Waals surface area contributed by atoms with E-state index >= 15 is 0 Å². The molecule has 0 bridgehead atoms. The molecular weight excluding hydrogens is 250 g/mol. The maximum absolute atomic E-state index is 12.3. The molecule has 0 heterocycles. The second-order valence-corrected chi connectivity index (χ2v) is 7.07. The maximum atomic E-state index is 12.3. The number of nitrogens with two attached hydrogens (primary N) is 1. The summed E-state index contributed by atoms with van der Waals surface area (Å²) in [4.78, 5) is 0. The lowest BCUT2D eigenvalue weighted by Gasteiger charge is -2.38. The standard InChI is InChI=1S/C12H23N3O2S/c1-3-15(18(16,17)10(2)8-13)12-7-5-4-6-11(12)9-14/h10-12H,3-7,9,14H2,1-2H3. The molecule has 1 fully saturated rings. The molecule has 0 amide bonds. The van der Waals surface area contributed by atoms with Gasteiger partial charge in [0.2, 0.25) is 10.0 Å². The van der Waals surface area contributed by atoms with Crippen LogP contribution < -0.4 is 5.73 Å². The number of rotatable bonds is 5. The van der Waals surface area contributed by atoms with E-state index in [1.54, 1.807) is 0 Å². The molecule has 0 aliphatic heterocycles. The molecule has 3 atom stereocenters. The van der Waals surface area contributed by atoms with Crippen molar-refractivity contribution in [3.8, 4) is 6.07 Å². The van der Waals surface area contributed by atoms with Crippen LogP contribution in [0.15, 0.2) is 0 Å². The number of nitriles is 1. The van der Waals surface area contributed by atoms with Crippen molar-refractivity contribution < 1.29 is 8.42 Å². The fourth-order valence-corrected chi connectivity index (χ4v) is 4.27. The second kappa shape index (κ2) is 6.50. The zero-order valence-corrected chi connectivity index (χ0v) is 12.0. The Morgan fingerprint density at radius 2 is 2.06 bits per heavy atom. The molecule has 0 aromatic rings. The molecule has 5 nitrogen and oxygen atoms in total. The molecule has 0 radical (unpaired) electrons. The van der Waals surface area contributed by atoms with Crippen LogP contribution in [0.5, 0.6) is 0 Å². The molecule has 104 valence electrons. The molecule has 1 rings (SSSR count). The minimum absolute atomic E-state index is 0.0328. The summed E-state index contributed by atoms with van der Waals surface area (Å²) in [7, 11) is -3.53. The zero-order valence-electron chi connectivity index (χ0n) is 11.2. The van der Waals surface area contributed by atoms with Gasteiger partial charge < -0.3 is 5.73 Å². The molecule has 0 aromatic heterocycles. The number of hydrogen-bond donors (Lipinski definition) is 1. The predicted molar refractivity (Wildman–Crippen MR) is 71.2 cm³/mol. The fourth-order valence-electron chi connectivity index (χ4n) is 2.72. The van der Waals surface area contributed by atoms with Gasteiger partial charge in [0.15, 0.2) is 5.25 Å². The van der Waals surface area contributed by atoms with Crippen LogP contribution in [0.1, 0.15) is 39.5 Å². The third-order valence-electron chi connectivity index (χ3n) is 3.81. The summed E-state index contributed by atoms with van der Waals surface area (Å²) >= 11 is 0. The largest absolute Gasteiger partial charge is 0.330 e.